The standard InChI is InChI=1S/C17H29N3O2S/c1-13-9-14(2)11-15(10-13)7-8-19-16(18-5)20-12-17(3,4)23(6,21)22/h9-11H,7-8,12H2,1-6H3,(H2,18,19,20). The predicted octanol–water partition coefficient (Wildman–Crippen LogP) is 1.83. The number of nitrogens with zero attached hydrogens (tertiary/aromatic N) is 1. The van der Waals surface area contributed by atoms with Crippen molar-refractivity contribution >= 4 is 15.8 Å². The van der Waals surface area contributed by atoms with Gasteiger partial charge in [-0.25, -0.2) is 8.42 Å². The summed E-state index contributed by atoms with van der Waals surface area (Å²) in [6, 6.07) is 6.51. The molecule has 1 aromatic rings. The maximum atomic E-state index is 11.7. The number of rotatable bonds is 6. The molecule has 0 heterocycles. The zero-order chi connectivity index (χ0) is 17.7. The van der Waals surface area contributed by atoms with Gasteiger partial charge in [0.05, 0.1) is 4.75 Å². The minimum absolute atomic E-state index is 0.315. The number of hydrogen-bond donors (Lipinski definition) is 2. The van der Waals surface area contributed by atoms with Gasteiger partial charge >= 0.3 is 0 Å². The third-order valence-corrected chi connectivity index (χ3v) is 6.05. The minimum atomic E-state index is -3.12. The van der Waals surface area contributed by atoms with E-state index < -0.39 is 14.6 Å². The van der Waals surface area contributed by atoms with Crippen LogP contribution in [0, 0.1) is 13.8 Å². The highest BCUT2D eigenvalue weighted by molar-refractivity contribution is 7.92. The first kappa shape index (κ1) is 19.5. The lowest BCUT2D eigenvalue weighted by atomic mass is 10.1. The maximum Gasteiger partial charge on any atom is 0.191 e. The summed E-state index contributed by atoms with van der Waals surface area (Å²) in [5.74, 6) is 0.617. The molecular formula is C17H29N3O2S. The molecule has 0 saturated heterocycles. The van der Waals surface area contributed by atoms with E-state index in [0.29, 0.717) is 12.5 Å². The molecular weight excluding hydrogens is 310 g/mol. The van der Waals surface area contributed by atoms with Gasteiger partial charge in [-0.15, -0.1) is 0 Å². The van der Waals surface area contributed by atoms with E-state index >= 15 is 0 Å². The molecule has 0 aliphatic heterocycles. The monoisotopic (exact) mass is 339 g/mol. The topological polar surface area (TPSA) is 70.6 Å². The van der Waals surface area contributed by atoms with Crippen molar-refractivity contribution in [2.75, 3.05) is 26.4 Å². The molecule has 0 radical (unpaired) electrons. The first-order chi connectivity index (χ1) is 10.5. The van der Waals surface area contributed by atoms with E-state index in [0.717, 1.165) is 13.0 Å². The number of benzene rings is 1. The lowest BCUT2D eigenvalue weighted by Gasteiger charge is -2.24. The Kier molecular flexibility index (Phi) is 6.62. The van der Waals surface area contributed by atoms with Crippen LogP contribution in [0.15, 0.2) is 23.2 Å². The van der Waals surface area contributed by atoms with Gasteiger partial charge in [-0.05, 0) is 39.7 Å². The molecule has 0 fully saturated rings. The summed E-state index contributed by atoms with van der Waals surface area (Å²) in [5, 5.41) is 6.31. The van der Waals surface area contributed by atoms with E-state index in [-0.39, 0.29) is 0 Å². The SMILES string of the molecule is CN=C(NCCc1cc(C)cc(C)c1)NCC(C)(C)S(C)(=O)=O. The van der Waals surface area contributed by atoms with E-state index in [1.54, 1.807) is 20.9 Å². The molecule has 0 aliphatic rings. The average Bonchev–Trinajstić information content (AvgIpc) is 2.40. The van der Waals surface area contributed by atoms with Crippen molar-refractivity contribution in [2.45, 2.75) is 38.9 Å². The van der Waals surface area contributed by atoms with E-state index in [9.17, 15) is 8.42 Å². The quantitative estimate of drug-likeness (QED) is 0.613. The molecule has 0 atom stereocenters. The van der Waals surface area contributed by atoms with Gasteiger partial charge in [-0.3, -0.25) is 4.99 Å². The number of nitrogens with one attached hydrogen (secondary N) is 2. The fourth-order valence-electron chi connectivity index (χ4n) is 2.19. The number of sulfone groups is 1. The van der Waals surface area contributed by atoms with Crippen molar-refractivity contribution in [3.8, 4) is 0 Å². The van der Waals surface area contributed by atoms with Crippen LogP contribution in [0.1, 0.15) is 30.5 Å². The zero-order valence-electron chi connectivity index (χ0n) is 15.0. The highest BCUT2D eigenvalue weighted by Crippen LogP contribution is 2.13. The third kappa shape index (κ3) is 6.22. The Hall–Kier alpha value is -1.56. The average molecular weight is 340 g/mol. The summed E-state index contributed by atoms with van der Waals surface area (Å²) in [6.07, 6.45) is 2.14. The molecule has 130 valence electrons. The smallest absolute Gasteiger partial charge is 0.191 e. The molecule has 6 heteroatoms. The van der Waals surface area contributed by atoms with Gasteiger partial charge in [-0.1, -0.05) is 29.3 Å². The molecule has 0 unspecified atom stereocenters. The van der Waals surface area contributed by atoms with Crippen molar-refractivity contribution < 1.29 is 8.42 Å². The second-order valence-electron chi connectivity index (χ2n) is 6.63. The maximum absolute atomic E-state index is 11.7. The van der Waals surface area contributed by atoms with E-state index in [4.69, 9.17) is 0 Å². The Balaban J connectivity index is 2.52. The van der Waals surface area contributed by atoms with Gasteiger partial charge in [0, 0.05) is 26.4 Å². The zero-order valence-corrected chi connectivity index (χ0v) is 15.8. The van der Waals surface area contributed by atoms with Crippen LogP contribution in [0.2, 0.25) is 0 Å². The van der Waals surface area contributed by atoms with Crippen LogP contribution in [0.25, 0.3) is 0 Å². The van der Waals surface area contributed by atoms with E-state index in [2.05, 4.69) is 47.7 Å². The molecule has 1 rings (SSSR count). The first-order valence-corrected chi connectivity index (χ1v) is 9.65. The molecule has 1 aromatic carbocycles. The molecule has 0 amide bonds. The normalized spacial score (nSPS) is 13.0. The second-order valence-corrected chi connectivity index (χ2v) is 9.28. The summed E-state index contributed by atoms with van der Waals surface area (Å²) in [4.78, 5) is 4.14. The van der Waals surface area contributed by atoms with Crippen molar-refractivity contribution in [3.63, 3.8) is 0 Å². The van der Waals surface area contributed by atoms with Crippen LogP contribution in [0.3, 0.4) is 0 Å². The highest BCUT2D eigenvalue weighted by Gasteiger charge is 2.30. The van der Waals surface area contributed by atoms with E-state index in [1.165, 1.54) is 22.9 Å². The van der Waals surface area contributed by atoms with E-state index in [1.807, 2.05) is 0 Å². The van der Waals surface area contributed by atoms with Crippen LogP contribution < -0.4 is 10.6 Å². The molecule has 5 nitrogen and oxygen atoms in total. The van der Waals surface area contributed by atoms with Crippen LogP contribution in [0.5, 0.6) is 0 Å². The molecule has 23 heavy (non-hydrogen) atoms. The van der Waals surface area contributed by atoms with Crippen LogP contribution in [-0.2, 0) is 16.3 Å². The summed E-state index contributed by atoms with van der Waals surface area (Å²) in [6.45, 7) is 8.66. The Labute approximate surface area is 140 Å². The number of hydrogen-bond acceptors (Lipinski definition) is 3. The molecule has 0 spiro atoms. The Morgan fingerprint density at radius 2 is 1.70 bits per heavy atom. The third-order valence-electron chi connectivity index (χ3n) is 3.90. The van der Waals surface area contributed by atoms with Gasteiger partial charge in [0.25, 0.3) is 0 Å². The summed E-state index contributed by atoms with van der Waals surface area (Å²) >= 11 is 0. The molecule has 0 aromatic heterocycles. The van der Waals surface area contributed by atoms with Crippen LogP contribution in [0.4, 0.5) is 0 Å². The number of aryl methyl sites for hydroxylation is 2. The fraction of sp³-hybridized carbons (Fsp3) is 0.588. The highest BCUT2D eigenvalue weighted by atomic mass is 32.2. The van der Waals surface area contributed by atoms with Crippen molar-refractivity contribution in [1.82, 2.24) is 10.6 Å². The molecule has 0 aliphatic carbocycles. The largest absolute Gasteiger partial charge is 0.356 e. The lowest BCUT2D eigenvalue weighted by Crippen LogP contribution is -2.48. The Morgan fingerprint density at radius 3 is 2.17 bits per heavy atom. The number of guanidine groups is 1. The summed E-state index contributed by atoms with van der Waals surface area (Å²) in [7, 11) is -1.44. The summed E-state index contributed by atoms with van der Waals surface area (Å²) < 4.78 is 22.6. The van der Waals surface area contributed by atoms with Gasteiger partial charge in [0.2, 0.25) is 0 Å². The summed E-state index contributed by atoms with van der Waals surface area (Å²) in [5.41, 5.74) is 3.80. The van der Waals surface area contributed by atoms with Gasteiger partial charge < -0.3 is 10.6 Å². The van der Waals surface area contributed by atoms with Gasteiger partial charge in [-0.2, -0.15) is 0 Å². The fourth-order valence-corrected chi connectivity index (χ4v) is 2.52. The van der Waals surface area contributed by atoms with Crippen LogP contribution in [-0.4, -0.2) is 45.5 Å². The molecule has 2 N–H and O–H groups in total. The minimum Gasteiger partial charge on any atom is -0.356 e. The Morgan fingerprint density at radius 1 is 1.13 bits per heavy atom. The van der Waals surface area contributed by atoms with Crippen LogP contribution >= 0.6 is 0 Å². The van der Waals surface area contributed by atoms with Gasteiger partial charge in [0.15, 0.2) is 15.8 Å². The first-order valence-electron chi connectivity index (χ1n) is 7.76. The van der Waals surface area contributed by atoms with Crippen molar-refractivity contribution in [3.05, 3.63) is 34.9 Å². The lowest BCUT2D eigenvalue weighted by molar-refractivity contribution is 0.544. The Bertz CT molecular complexity index is 644. The molecule has 0 bridgehead atoms. The van der Waals surface area contributed by atoms with Crippen molar-refractivity contribution in [2.24, 2.45) is 4.99 Å². The second kappa shape index (κ2) is 7.81. The van der Waals surface area contributed by atoms with Gasteiger partial charge in [0.1, 0.15) is 0 Å². The number of aliphatic imine (C=N–C) groups is 1. The molecule has 0 saturated carbocycles. The predicted molar refractivity (Wildman–Crippen MR) is 97.9 cm³/mol. The van der Waals surface area contributed by atoms with Crippen molar-refractivity contribution in [1.29, 1.82) is 0 Å².